The van der Waals surface area contributed by atoms with Gasteiger partial charge in [-0.05, 0) is 36.1 Å². The first-order valence-corrected chi connectivity index (χ1v) is 8.04. The van der Waals surface area contributed by atoms with Crippen molar-refractivity contribution >= 4 is 17.7 Å². The highest BCUT2D eigenvalue weighted by Gasteiger charge is 2.23. The van der Waals surface area contributed by atoms with Crippen LogP contribution in [0.15, 0.2) is 24.3 Å². The summed E-state index contributed by atoms with van der Waals surface area (Å²) < 4.78 is 12.9. The molecule has 0 radical (unpaired) electrons. The summed E-state index contributed by atoms with van der Waals surface area (Å²) in [6, 6.07) is 5.89. The molecule has 20 heavy (non-hydrogen) atoms. The second-order valence-corrected chi connectivity index (χ2v) is 6.48. The first kappa shape index (κ1) is 17.0. The van der Waals surface area contributed by atoms with E-state index in [9.17, 15) is 9.18 Å². The molecule has 3 N–H and O–H groups in total. The van der Waals surface area contributed by atoms with Crippen molar-refractivity contribution in [3.05, 3.63) is 35.6 Å². The molecule has 0 aliphatic rings. The lowest BCUT2D eigenvalue weighted by Gasteiger charge is -2.26. The molecule has 0 bridgehead atoms. The Hall–Kier alpha value is -1.07. The predicted octanol–water partition coefficient (Wildman–Crippen LogP) is 2.30. The van der Waals surface area contributed by atoms with Crippen LogP contribution in [0.1, 0.15) is 25.8 Å². The van der Waals surface area contributed by atoms with Crippen molar-refractivity contribution in [2.75, 3.05) is 18.6 Å². The summed E-state index contributed by atoms with van der Waals surface area (Å²) in [4.78, 5) is 11.9. The molecule has 0 saturated carbocycles. The lowest BCUT2D eigenvalue weighted by molar-refractivity contribution is -0.122. The number of benzene rings is 1. The molecule has 0 aromatic heterocycles. The second-order valence-electron chi connectivity index (χ2n) is 5.50. The van der Waals surface area contributed by atoms with Crippen LogP contribution in [-0.4, -0.2) is 30.5 Å². The first-order valence-electron chi connectivity index (χ1n) is 6.65. The molecule has 0 unspecified atom stereocenters. The number of halogens is 1. The third-order valence-electron chi connectivity index (χ3n) is 3.30. The van der Waals surface area contributed by atoms with Gasteiger partial charge in [-0.3, -0.25) is 4.79 Å². The fourth-order valence-electron chi connectivity index (χ4n) is 1.82. The van der Waals surface area contributed by atoms with E-state index in [-0.39, 0.29) is 17.1 Å². The summed E-state index contributed by atoms with van der Waals surface area (Å²) in [6.07, 6.45) is 2.66. The molecule has 1 rings (SSSR count). The number of carbonyl (C=O) groups is 1. The Bertz CT molecular complexity index is 434. The molecule has 0 heterocycles. The SMILES string of the molecule is CSCC[C@H](N)C(=O)NCC(C)(C)c1ccc(F)cc1. The molecular formula is C15H23FN2OS. The van der Waals surface area contributed by atoms with Crippen molar-refractivity contribution in [3.8, 4) is 0 Å². The topological polar surface area (TPSA) is 55.1 Å². The largest absolute Gasteiger partial charge is 0.354 e. The summed E-state index contributed by atoms with van der Waals surface area (Å²) in [5, 5.41) is 2.88. The predicted molar refractivity (Wildman–Crippen MR) is 83.4 cm³/mol. The van der Waals surface area contributed by atoms with E-state index in [0.717, 1.165) is 11.3 Å². The van der Waals surface area contributed by atoms with Gasteiger partial charge in [0, 0.05) is 12.0 Å². The lowest BCUT2D eigenvalue weighted by atomic mass is 9.84. The molecule has 0 aliphatic heterocycles. The molecule has 1 aromatic carbocycles. The molecule has 1 atom stereocenters. The molecule has 1 amide bonds. The minimum Gasteiger partial charge on any atom is -0.354 e. The lowest BCUT2D eigenvalue weighted by Crippen LogP contribution is -2.45. The minimum atomic E-state index is -0.466. The van der Waals surface area contributed by atoms with Crippen molar-refractivity contribution < 1.29 is 9.18 Å². The molecule has 112 valence electrons. The maximum Gasteiger partial charge on any atom is 0.236 e. The zero-order chi connectivity index (χ0) is 15.2. The molecule has 0 saturated heterocycles. The number of thioether (sulfide) groups is 1. The van der Waals surface area contributed by atoms with Gasteiger partial charge in [-0.25, -0.2) is 4.39 Å². The number of nitrogens with one attached hydrogen (secondary N) is 1. The molecule has 1 aromatic rings. The molecular weight excluding hydrogens is 275 g/mol. The summed E-state index contributed by atoms with van der Waals surface area (Å²) in [7, 11) is 0. The Labute approximate surface area is 124 Å². The van der Waals surface area contributed by atoms with Crippen molar-refractivity contribution in [2.45, 2.75) is 31.7 Å². The quantitative estimate of drug-likeness (QED) is 0.812. The van der Waals surface area contributed by atoms with E-state index in [4.69, 9.17) is 5.73 Å². The van der Waals surface area contributed by atoms with Crippen LogP contribution in [0.3, 0.4) is 0 Å². The molecule has 5 heteroatoms. The first-order chi connectivity index (χ1) is 9.36. The van der Waals surface area contributed by atoms with Crippen molar-refractivity contribution in [2.24, 2.45) is 5.73 Å². The van der Waals surface area contributed by atoms with Gasteiger partial charge in [0.15, 0.2) is 0 Å². The van der Waals surface area contributed by atoms with Gasteiger partial charge >= 0.3 is 0 Å². The Kier molecular flexibility index (Phi) is 6.49. The Morgan fingerprint density at radius 3 is 2.55 bits per heavy atom. The Morgan fingerprint density at radius 1 is 1.40 bits per heavy atom. The highest BCUT2D eigenvalue weighted by molar-refractivity contribution is 7.98. The summed E-state index contributed by atoms with van der Waals surface area (Å²) >= 11 is 1.67. The normalized spacial score (nSPS) is 13.1. The molecule has 0 spiro atoms. The Balaban J connectivity index is 2.54. The van der Waals surface area contributed by atoms with E-state index < -0.39 is 6.04 Å². The summed E-state index contributed by atoms with van der Waals surface area (Å²) in [5.41, 5.74) is 6.54. The van der Waals surface area contributed by atoms with Crippen LogP contribution in [0.2, 0.25) is 0 Å². The van der Waals surface area contributed by atoms with Gasteiger partial charge in [-0.15, -0.1) is 0 Å². The van der Waals surface area contributed by atoms with Crippen molar-refractivity contribution in [1.29, 1.82) is 0 Å². The molecule has 3 nitrogen and oxygen atoms in total. The van der Waals surface area contributed by atoms with E-state index in [2.05, 4.69) is 5.32 Å². The molecule has 0 fully saturated rings. The minimum absolute atomic E-state index is 0.130. The highest BCUT2D eigenvalue weighted by atomic mass is 32.2. The zero-order valence-corrected chi connectivity index (χ0v) is 13.1. The van der Waals surface area contributed by atoms with Crippen LogP contribution in [0.5, 0.6) is 0 Å². The van der Waals surface area contributed by atoms with E-state index in [1.807, 2.05) is 20.1 Å². The zero-order valence-electron chi connectivity index (χ0n) is 12.3. The Morgan fingerprint density at radius 2 is 2.00 bits per heavy atom. The maximum absolute atomic E-state index is 12.9. The van der Waals surface area contributed by atoms with Gasteiger partial charge in [-0.2, -0.15) is 11.8 Å². The number of hydrogen-bond donors (Lipinski definition) is 2. The standard InChI is InChI=1S/C15H23FN2OS/c1-15(2,11-4-6-12(16)7-5-11)10-18-14(19)13(17)8-9-20-3/h4-7,13H,8-10,17H2,1-3H3,(H,18,19)/t13-/m0/s1. The number of nitrogens with two attached hydrogens (primary N) is 1. The van der Waals surface area contributed by atoms with Gasteiger partial charge in [0.05, 0.1) is 6.04 Å². The fraction of sp³-hybridized carbons (Fsp3) is 0.533. The van der Waals surface area contributed by atoms with E-state index >= 15 is 0 Å². The van der Waals surface area contributed by atoms with Crippen molar-refractivity contribution in [3.63, 3.8) is 0 Å². The average molecular weight is 298 g/mol. The maximum atomic E-state index is 12.9. The summed E-state index contributed by atoms with van der Waals surface area (Å²) in [5.74, 6) is 0.484. The molecule has 0 aliphatic carbocycles. The smallest absolute Gasteiger partial charge is 0.236 e. The van der Waals surface area contributed by atoms with Gasteiger partial charge in [-0.1, -0.05) is 26.0 Å². The van der Waals surface area contributed by atoms with Gasteiger partial charge in [0.25, 0.3) is 0 Å². The third kappa shape index (κ3) is 5.13. The highest BCUT2D eigenvalue weighted by Crippen LogP contribution is 2.22. The number of rotatable bonds is 7. The van der Waals surface area contributed by atoms with Crippen molar-refractivity contribution in [1.82, 2.24) is 5.32 Å². The van der Waals surface area contributed by atoms with Crippen LogP contribution in [0, 0.1) is 5.82 Å². The number of carbonyl (C=O) groups excluding carboxylic acids is 1. The van der Waals surface area contributed by atoms with Crippen LogP contribution >= 0.6 is 11.8 Å². The van der Waals surface area contributed by atoms with E-state index in [1.165, 1.54) is 12.1 Å². The van der Waals surface area contributed by atoms with E-state index in [1.54, 1.807) is 23.9 Å². The second kappa shape index (κ2) is 7.64. The third-order valence-corrected chi connectivity index (χ3v) is 3.94. The van der Waals surface area contributed by atoms with Crippen LogP contribution in [-0.2, 0) is 10.2 Å². The van der Waals surface area contributed by atoms with Crippen LogP contribution in [0.25, 0.3) is 0 Å². The van der Waals surface area contributed by atoms with Crippen LogP contribution < -0.4 is 11.1 Å². The van der Waals surface area contributed by atoms with Gasteiger partial charge in [0.1, 0.15) is 5.82 Å². The summed E-state index contributed by atoms with van der Waals surface area (Å²) in [6.45, 7) is 4.49. The fourth-order valence-corrected chi connectivity index (χ4v) is 2.31. The van der Waals surface area contributed by atoms with E-state index in [0.29, 0.717) is 13.0 Å². The van der Waals surface area contributed by atoms with Gasteiger partial charge < -0.3 is 11.1 Å². The number of amides is 1. The van der Waals surface area contributed by atoms with Gasteiger partial charge in [0.2, 0.25) is 5.91 Å². The average Bonchev–Trinajstić information content (AvgIpc) is 2.42. The van der Waals surface area contributed by atoms with Crippen LogP contribution in [0.4, 0.5) is 4.39 Å². The monoisotopic (exact) mass is 298 g/mol. The number of hydrogen-bond acceptors (Lipinski definition) is 3.